The van der Waals surface area contributed by atoms with E-state index in [0.717, 1.165) is 32.4 Å². The Balaban J connectivity index is 2.42. The summed E-state index contributed by atoms with van der Waals surface area (Å²) < 4.78 is 5.46. The van der Waals surface area contributed by atoms with E-state index in [1.54, 1.807) is 11.3 Å². The molecule has 3 nitrogen and oxygen atoms in total. The molecule has 4 heteroatoms. The van der Waals surface area contributed by atoms with E-state index in [4.69, 9.17) is 4.74 Å². The topological polar surface area (TPSA) is 29.5 Å². The minimum Gasteiger partial charge on any atom is -0.465 e. The first-order chi connectivity index (χ1) is 9.70. The zero-order chi connectivity index (χ0) is 14.6. The summed E-state index contributed by atoms with van der Waals surface area (Å²) in [5.41, 5.74) is -0.448. The first-order valence-electron chi connectivity index (χ1n) is 7.65. The van der Waals surface area contributed by atoms with Gasteiger partial charge >= 0.3 is 5.97 Å². The van der Waals surface area contributed by atoms with Crippen LogP contribution in [0.15, 0.2) is 17.5 Å². The number of hydrogen-bond acceptors (Lipinski definition) is 4. The van der Waals surface area contributed by atoms with Crippen LogP contribution in [-0.4, -0.2) is 36.6 Å². The van der Waals surface area contributed by atoms with Crippen LogP contribution in [0.4, 0.5) is 0 Å². The Morgan fingerprint density at radius 2 is 2.20 bits per heavy atom. The van der Waals surface area contributed by atoms with Crippen molar-refractivity contribution in [2.75, 3.05) is 19.7 Å². The van der Waals surface area contributed by atoms with Gasteiger partial charge in [0.25, 0.3) is 0 Å². The number of esters is 1. The van der Waals surface area contributed by atoms with Gasteiger partial charge in [0.2, 0.25) is 0 Å². The van der Waals surface area contributed by atoms with Gasteiger partial charge in [-0.2, -0.15) is 0 Å². The highest BCUT2D eigenvalue weighted by atomic mass is 32.1. The van der Waals surface area contributed by atoms with E-state index in [1.807, 2.05) is 13.0 Å². The van der Waals surface area contributed by atoms with Crippen LogP contribution in [0.1, 0.15) is 44.9 Å². The minimum absolute atomic E-state index is 0.0307. The highest BCUT2D eigenvalue weighted by Gasteiger charge is 2.53. The Hall–Kier alpha value is -0.870. The molecule has 1 aliphatic carbocycles. The molecule has 0 N–H and O–H groups in total. The summed E-state index contributed by atoms with van der Waals surface area (Å²) in [6.07, 6.45) is 3.09. The second kappa shape index (κ2) is 6.72. The lowest BCUT2D eigenvalue weighted by Gasteiger charge is -2.39. The highest BCUT2D eigenvalue weighted by molar-refractivity contribution is 7.10. The number of hydrogen-bond donors (Lipinski definition) is 0. The van der Waals surface area contributed by atoms with Gasteiger partial charge in [-0.3, -0.25) is 9.69 Å². The second-order valence-corrected chi connectivity index (χ2v) is 6.25. The lowest BCUT2D eigenvalue weighted by Crippen LogP contribution is -2.52. The molecule has 1 fully saturated rings. The first kappa shape index (κ1) is 15.5. The van der Waals surface area contributed by atoms with Gasteiger partial charge < -0.3 is 4.74 Å². The van der Waals surface area contributed by atoms with Gasteiger partial charge in [0.15, 0.2) is 0 Å². The SMILES string of the molecule is CCOC(=O)C1(c2cccs2)CCCC1N(CC)CC. The summed E-state index contributed by atoms with van der Waals surface area (Å²) in [4.78, 5) is 16.4. The van der Waals surface area contributed by atoms with Gasteiger partial charge in [-0.1, -0.05) is 26.3 Å². The molecule has 0 amide bonds. The zero-order valence-electron chi connectivity index (χ0n) is 12.7. The molecule has 2 rings (SSSR count). The third-order valence-electron chi connectivity index (χ3n) is 4.47. The van der Waals surface area contributed by atoms with Crippen molar-refractivity contribution in [3.63, 3.8) is 0 Å². The molecule has 1 heterocycles. The van der Waals surface area contributed by atoms with Crippen LogP contribution in [-0.2, 0) is 14.9 Å². The Morgan fingerprint density at radius 3 is 2.75 bits per heavy atom. The van der Waals surface area contributed by atoms with Crippen LogP contribution < -0.4 is 0 Å². The van der Waals surface area contributed by atoms with Gasteiger partial charge in [-0.15, -0.1) is 11.3 Å². The fraction of sp³-hybridized carbons (Fsp3) is 0.688. The highest BCUT2D eigenvalue weighted by Crippen LogP contribution is 2.46. The molecule has 20 heavy (non-hydrogen) atoms. The molecule has 0 aromatic carbocycles. The number of carbonyl (C=O) groups is 1. The summed E-state index contributed by atoms with van der Waals surface area (Å²) in [5, 5.41) is 2.06. The van der Waals surface area contributed by atoms with Crippen LogP contribution in [0.2, 0.25) is 0 Å². The molecule has 2 atom stereocenters. The number of carbonyl (C=O) groups excluding carboxylic acids is 1. The van der Waals surface area contributed by atoms with Gasteiger partial charge in [0.1, 0.15) is 5.41 Å². The van der Waals surface area contributed by atoms with E-state index in [9.17, 15) is 4.79 Å². The van der Waals surface area contributed by atoms with E-state index in [0.29, 0.717) is 6.61 Å². The number of ether oxygens (including phenoxy) is 1. The first-order valence-corrected chi connectivity index (χ1v) is 8.53. The molecule has 0 spiro atoms. The average molecular weight is 295 g/mol. The largest absolute Gasteiger partial charge is 0.465 e. The Labute approximate surface area is 125 Å². The molecule has 0 aliphatic heterocycles. The number of likely N-dealkylation sites (N-methyl/N-ethyl adjacent to an activating group) is 1. The second-order valence-electron chi connectivity index (χ2n) is 5.30. The lowest BCUT2D eigenvalue weighted by molar-refractivity contribution is -0.152. The maximum atomic E-state index is 12.8. The van der Waals surface area contributed by atoms with Crippen molar-refractivity contribution in [1.29, 1.82) is 0 Å². The van der Waals surface area contributed by atoms with Crippen molar-refractivity contribution in [2.45, 2.75) is 51.5 Å². The monoisotopic (exact) mass is 295 g/mol. The predicted molar refractivity (Wildman–Crippen MR) is 83.2 cm³/mol. The van der Waals surface area contributed by atoms with Gasteiger partial charge in [-0.05, 0) is 44.3 Å². The quantitative estimate of drug-likeness (QED) is 0.753. The van der Waals surface area contributed by atoms with Crippen LogP contribution >= 0.6 is 11.3 Å². The fourth-order valence-corrected chi connectivity index (χ4v) is 4.56. The van der Waals surface area contributed by atoms with Crippen LogP contribution in [0.5, 0.6) is 0 Å². The van der Waals surface area contributed by atoms with Crippen LogP contribution in [0.3, 0.4) is 0 Å². The maximum absolute atomic E-state index is 12.8. The molecule has 112 valence electrons. The maximum Gasteiger partial charge on any atom is 0.319 e. The Morgan fingerprint density at radius 1 is 1.45 bits per heavy atom. The van der Waals surface area contributed by atoms with E-state index in [1.165, 1.54) is 4.88 Å². The summed E-state index contributed by atoms with van der Waals surface area (Å²) in [6.45, 7) is 8.65. The van der Waals surface area contributed by atoms with E-state index in [2.05, 4.69) is 30.2 Å². The number of rotatable bonds is 6. The Bertz CT molecular complexity index is 428. The van der Waals surface area contributed by atoms with Crippen LogP contribution in [0.25, 0.3) is 0 Å². The van der Waals surface area contributed by atoms with E-state index < -0.39 is 5.41 Å². The Kier molecular flexibility index (Phi) is 5.22. The van der Waals surface area contributed by atoms with E-state index in [-0.39, 0.29) is 12.0 Å². The smallest absolute Gasteiger partial charge is 0.319 e. The number of nitrogens with zero attached hydrogens (tertiary/aromatic N) is 1. The molecule has 1 aromatic heterocycles. The number of thiophene rings is 1. The molecule has 0 radical (unpaired) electrons. The van der Waals surface area contributed by atoms with Gasteiger partial charge in [-0.25, -0.2) is 0 Å². The molecule has 0 bridgehead atoms. The van der Waals surface area contributed by atoms with Crippen molar-refractivity contribution < 1.29 is 9.53 Å². The zero-order valence-corrected chi connectivity index (χ0v) is 13.5. The van der Waals surface area contributed by atoms with Crippen molar-refractivity contribution in [3.8, 4) is 0 Å². The lowest BCUT2D eigenvalue weighted by atomic mass is 9.80. The molecular weight excluding hydrogens is 270 g/mol. The molecule has 1 saturated carbocycles. The molecule has 2 unspecified atom stereocenters. The molecule has 1 aliphatic rings. The molecule has 1 aromatic rings. The van der Waals surface area contributed by atoms with Crippen molar-refractivity contribution >= 4 is 17.3 Å². The summed E-state index contributed by atoms with van der Waals surface area (Å²) in [6, 6.07) is 4.41. The molecule has 0 saturated heterocycles. The summed E-state index contributed by atoms with van der Waals surface area (Å²) in [5.74, 6) is -0.0307. The third-order valence-corrected chi connectivity index (χ3v) is 5.52. The van der Waals surface area contributed by atoms with Crippen molar-refractivity contribution in [2.24, 2.45) is 0 Å². The van der Waals surface area contributed by atoms with E-state index >= 15 is 0 Å². The standard InChI is InChI=1S/C16H25NO2S/c1-4-17(5-2)13-9-7-11-16(13,15(18)19-6-3)14-10-8-12-20-14/h8,10,12-13H,4-7,9,11H2,1-3H3. The average Bonchev–Trinajstić information content (AvgIpc) is 3.10. The van der Waals surface area contributed by atoms with Crippen molar-refractivity contribution in [1.82, 2.24) is 4.90 Å². The molecular formula is C16H25NO2S. The fourth-order valence-electron chi connectivity index (χ4n) is 3.56. The predicted octanol–water partition coefficient (Wildman–Crippen LogP) is 3.44. The third kappa shape index (κ3) is 2.51. The summed E-state index contributed by atoms with van der Waals surface area (Å²) >= 11 is 1.69. The van der Waals surface area contributed by atoms with Crippen LogP contribution in [0, 0.1) is 0 Å². The normalized spacial score (nSPS) is 26.1. The van der Waals surface area contributed by atoms with Gasteiger partial charge in [0, 0.05) is 10.9 Å². The summed E-state index contributed by atoms with van der Waals surface area (Å²) in [7, 11) is 0. The van der Waals surface area contributed by atoms with Crippen molar-refractivity contribution in [3.05, 3.63) is 22.4 Å². The van der Waals surface area contributed by atoms with Gasteiger partial charge in [0.05, 0.1) is 6.61 Å². The minimum atomic E-state index is -0.448.